The summed E-state index contributed by atoms with van der Waals surface area (Å²) in [6.07, 6.45) is 6.20. The summed E-state index contributed by atoms with van der Waals surface area (Å²) < 4.78 is 6.04. The number of hydrogen-bond donors (Lipinski definition) is 2. The smallest absolute Gasteiger partial charge is 0.225 e. The molecule has 0 heterocycles. The number of benzene rings is 1. The van der Waals surface area contributed by atoms with E-state index in [1.54, 1.807) is 7.11 Å². The number of nitrogens with one attached hydrogen (secondary N) is 1. The largest absolute Gasteiger partial charge is 0.497 e. The monoisotopic (exact) mass is 354 g/mol. The van der Waals surface area contributed by atoms with E-state index in [1.807, 2.05) is 18.2 Å². The lowest BCUT2D eigenvalue weighted by Gasteiger charge is -2.35. The Hall–Kier alpha value is -1.07. The van der Waals surface area contributed by atoms with Crippen LogP contribution in [0.5, 0.6) is 5.75 Å². The van der Waals surface area contributed by atoms with E-state index in [2.05, 4.69) is 21.2 Å². The Balaban J connectivity index is 2.04. The fraction of sp³-hybridized carbons (Fsp3) is 0.562. The lowest BCUT2D eigenvalue weighted by molar-refractivity contribution is -0.118. The van der Waals surface area contributed by atoms with Crippen molar-refractivity contribution in [2.45, 2.75) is 38.5 Å². The number of carbonyl (C=O) groups excluding carboxylic acids is 1. The molecule has 1 aromatic carbocycles. The van der Waals surface area contributed by atoms with Crippen LogP contribution in [0.2, 0.25) is 0 Å². The van der Waals surface area contributed by atoms with Gasteiger partial charge in [0.2, 0.25) is 5.91 Å². The number of carbonyl (C=O) groups is 1. The molecule has 0 spiro atoms. The number of halogens is 1. The number of methoxy groups -OCH3 is 1. The van der Waals surface area contributed by atoms with E-state index in [9.17, 15) is 4.79 Å². The minimum absolute atomic E-state index is 0.0202. The summed E-state index contributed by atoms with van der Waals surface area (Å²) in [5, 5.41) is 2.97. The standard InChI is InChI=1S/C16H23BrN2O2/c1-21-12-5-6-13(17)14(9-12)19-15(20)10-16(11-18)7-3-2-4-8-16/h5-6,9H,2-4,7-8,10-11,18H2,1H3,(H,19,20). The summed E-state index contributed by atoms with van der Waals surface area (Å²) in [6.45, 7) is 0.583. The Morgan fingerprint density at radius 2 is 2.10 bits per heavy atom. The Kier molecular flexibility index (Phi) is 5.65. The van der Waals surface area contributed by atoms with Crippen LogP contribution in [-0.4, -0.2) is 19.6 Å². The first-order chi connectivity index (χ1) is 10.1. The van der Waals surface area contributed by atoms with Gasteiger partial charge in [0.25, 0.3) is 0 Å². The summed E-state index contributed by atoms with van der Waals surface area (Å²) in [7, 11) is 1.61. The molecule has 1 fully saturated rings. The number of hydrogen-bond acceptors (Lipinski definition) is 3. The van der Waals surface area contributed by atoms with Crippen LogP contribution >= 0.6 is 15.9 Å². The second-order valence-corrected chi connectivity index (χ2v) is 6.69. The zero-order valence-electron chi connectivity index (χ0n) is 12.5. The minimum Gasteiger partial charge on any atom is -0.497 e. The van der Waals surface area contributed by atoms with Crippen molar-refractivity contribution in [3.63, 3.8) is 0 Å². The highest BCUT2D eigenvalue weighted by Crippen LogP contribution is 2.39. The molecule has 0 saturated heterocycles. The molecule has 0 bridgehead atoms. The maximum Gasteiger partial charge on any atom is 0.225 e. The molecular formula is C16H23BrN2O2. The van der Waals surface area contributed by atoms with Gasteiger partial charge in [-0.15, -0.1) is 0 Å². The van der Waals surface area contributed by atoms with Crippen LogP contribution in [0.1, 0.15) is 38.5 Å². The summed E-state index contributed by atoms with van der Waals surface area (Å²) in [4.78, 5) is 12.4. The molecule has 1 aromatic rings. The predicted octanol–water partition coefficient (Wildman–Crippen LogP) is 3.70. The first-order valence-electron chi connectivity index (χ1n) is 7.42. The van der Waals surface area contributed by atoms with E-state index in [0.717, 1.165) is 28.8 Å². The van der Waals surface area contributed by atoms with Gasteiger partial charge in [-0.2, -0.15) is 0 Å². The molecule has 3 N–H and O–H groups in total. The van der Waals surface area contributed by atoms with Crippen LogP contribution in [0.25, 0.3) is 0 Å². The molecule has 21 heavy (non-hydrogen) atoms. The highest BCUT2D eigenvalue weighted by molar-refractivity contribution is 9.10. The van der Waals surface area contributed by atoms with E-state index in [0.29, 0.717) is 13.0 Å². The van der Waals surface area contributed by atoms with E-state index < -0.39 is 0 Å². The molecule has 5 heteroatoms. The first kappa shape index (κ1) is 16.3. The Bertz CT molecular complexity index is 499. The van der Waals surface area contributed by atoms with Crippen LogP contribution < -0.4 is 15.8 Å². The number of anilines is 1. The van der Waals surface area contributed by atoms with E-state index >= 15 is 0 Å². The third-order valence-electron chi connectivity index (χ3n) is 4.33. The van der Waals surface area contributed by atoms with Gasteiger partial charge in [0.15, 0.2) is 0 Å². The quantitative estimate of drug-likeness (QED) is 0.847. The van der Waals surface area contributed by atoms with Gasteiger partial charge >= 0.3 is 0 Å². The van der Waals surface area contributed by atoms with Gasteiger partial charge < -0.3 is 15.8 Å². The fourth-order valence-corrected chi connectivity index (χ4v) is 3.36. The van der Waals surface area contributed by atoms with Crippen molar-refractivity contribution in [2.75, 3.05) is 19.0 Å². The van der Waals surface area contributed by atoms with Crippen LogP contribution in [0, 0.1) is 5.41 Å². The molecule has 1 aliphatic rings. The normalized spacial score (nSPS) is 17.3. The van der Waals surface area contributed by atoms with Gasteiger partial charge in [0.05, 0.1) is 12.8 Å². The van der Waals surface area contributed by atoms with Gasteiger partial charge in [0.1, 0.15) is 5.75 Å². The van der Waals surface area contributed by atoms with Gasteiger partial charge in [-0.1, -0.05) is 19.3 Å². The number of nitrogens with two attached hydrogens (primary N) is 1. The average molecular weight is 355 g/mol. The van der Waals surface area contributed by atoms with Crippen molar-refractivity contribution in [3.8, 4) is 5.75 Å². The predicted molar refractivity (Wildman–Crippen MR) is 88.5 cm³/mol. The van der Waals surface area contributed by atoms with Crippen molar-refractivity contribution in [1.29, 1.82) is 0 Å². The Morgan fingerprint density at radius 1 is 1.38 bits per heavy atom. The van der Waals surface area contributed by atoms with Gasteiger partial charge in [-0.3, -0.25) is 4.79 Å². The summed E-state index contributed by atoms with van der Waals surface area (Å²) in [5.41, 5.74) is 6.66. The zero-order chi connectivity index (χ0) is 15.3. The van der Waals surface area contributed by atoms with Crippen molar-refractivity contribution in [1.82, 2.24) is 0 Å². The highest BCUT2D eigenvalue weighted by atomic mass is 79.9. The van der Waals surface area contributed by atoms with Crippen molar-refractivity contribution < 1.29 is 9.53 Å². The summed E-state index contributed by atoms with van der Waals surface area (Å²) >= 11 is 3.45. The summed E-state index contributed by atoms with van der Waals surface area (Å²) in [6, 6.07) is 5.54. The lowest BCUT2D eigenvalue weighted by atomic mass is 9.71. The van der Waals surface area contributed by atoms with E-state index in [1.165, 1.54) is 19.3 Å². The maximum atomic E-state index is 12.4. The summed E-state index contributed by atoms with van der Waals surface area (Å²) in [5.74, 6) is 0.746. The van der Waals surface area contributed by atoms with Crippen LogP contribution in [0.15, 0.2) is 22.7 Å². The average Bonchev–Trinajstić information content (AvgIpc) is 2.50. The first-order valence-corrected chi connectivity index (χ1v) is 8.21. The number of amides is 1. The zero-order valence-corrected chi connectivity index (χ0v) is 14.0. The molecule has 1 amide bonds. The highest BCUT2D eigenvalue weighted by Gasteiger charge is 2.33. The minimum atomic E-state index is -0.0202. The molecule has 0 unspecified atom stereocenters. The maximum absolute atomic E-state index is 12.4. The van der Waals surface area contributed by atoms with Gasteiger partial charge in [0, 0.05) is 17.0 Å². The molecule has 4 nitrogen and oxygen atoms in total. The fourth-order valence-electron chi connectivity index (χ4n) is 3.02. The SMILES string of the molecule is COc1ccc(Br)c(NC(=O)CC2(CN)CCCCC2)c1. The van der Waals surface area contributed by atoms with E-state index in [4.69, 9.17) is 10.5 Å². The molecule has 0 aliphatic heterocycles. The van der Waals surface area contributed by atoms with Gasteiger partial charge in [-0.25, -0.2) is 0 Å². The molecular weight excluding hydrogens is 332 g/mol. The topological polar surface area (TPSA) is 64.3 Å². The number of rotatable bonds is 5. The lowest BCUT2D eigenvalue weighted by Crippen LogP contribution is -2.36. The molecule has 116 valence electrons. The van der Waals surface area contributed by atoms with Crippen LogP contribution in [0.3, 0.4) is 0 Å². The molecule has 2 rings (SSSR count). The molecule has 1 saturated carbocycles. The molecule has 0 atom stereocenters. The molecule has 0 aromatic heterocycles. The second-order valence-electron chi connectivity index (χ2n) is 5.84. The Morgan fingerprint density at radius 3 is 2.71 bits per heavy atom. The Labute approximate surface area is 134 Å². The van der Waals surface area contributed by atoms with E-state index in [-0.39, 0.29) is 11.3 Å². The van der Waals surface area contributed by atoms with Crippen molar-refractivity contribution in [2.24, 2.45) is 11.1 Å². The second kappa shape index (κ2) is 7.27. The molecule has 0 radical (unpaired) electrons. The van der Waals surface area contributed by atoms with Crippen molar-refractivity contribution >= 4 is 27.5 Å². The van der Waals surface area contributed by atoms with Crippen molar-refractivity contribution in [3.05, 3.63) is 22.7 Å². The number of ether oxygens (including phenoxy) is 1. The van der Waals surface area contributed by atoms with Crippen LogP contribution in [0.4, 0.5) is 5.69 Å². The third kappa shape index (κ3) is 4.20. The third-order valence-corrected chi connectivity index (χ3v) is 5.02. The molecule has 1 aliphatic carbocycles. The van der Waals surface area contributed by atoms with Crippen LogP contribution in [-0.2, 0) is 4.79 Å². The van der Waals surface area contributed by atoms with Gasteiger partial charge in [-0.05, 0) is 52.9 Å².